The standard InChI is InChI=1S/C9H8BrN3OS/c1-13-8(11-12-9(13)15)6-4-5(10)2-3-7(6)14/h2-4,14H,1H3,(H,12,15)/p-1. The maximum Gasteiger partial charge on any atom is 0.195 e. The van der Waals surface area contributed by atoms with Crippen LogP contribution in [0.25, 0.3) is 11.4 Å². The van der Waals surface area contributed by atoms with Crippen LogP contribution in [-0.4, -0.2) is 14.8 Å². The van der Waals surface area contributed by atoms with E-state index < -0.39 is 0 Å². The first-order valence-corrected chi connectivity index (χ1v) is 5.38. The third-order valence-electron chi connectivity index (χ3n) is 2.06. The van der Waals surface area contributed by atoms with E-state index in [-0.39, 0.29) is 5.75 Å². The quantitative estimate of drug-likeness (QED) is 0.815. The maximum absolute atomic E-state index is 11.6. The molecule has 0 saturated heterocycles. The Hall–Kier alpha value is -1.14. The highest BCUT2D eigenvalue weighted by molar-refractivity contribution is 9.10. The Bertz CT molecular complexity index is 561. The first-order valence-electron chi connectivity index (χ1n) is 4.18. The number of rotatable bonds is 1. The highest BCUT2D eigenvalue weighted by Gasteiger charge is 2.06. The fraction of sp³-hybridized carbons (Fsp3) is 0.111. The average molecular weight is 285 g/mol. The number of hydrogen-bond donors (Lipinski definition) is 1. The zero-order valence-corrected chi connectivity index (χ0v) is 10.2. The fourth-order valence-electron chi connectivity index (χ4n) is 1.26. The lowest BCUT2D eigenvalue weighted by atomic mass is 10.2. The molecule has 0 aliphatic carbocycles. The van der Waals surface area contributed by atoms with E-state index >= 15 is 0 Å². The van der Waals surface area contributed by atoms with Gasteiger partial charge in [0.2, 0.25) is 0 Å². The molecule has 1 N–H and O–H groups in total. The molecule has 1 heterocycles. The van der Waals surface area contributed by atoms with Crippen LogP contribution in [0.1, 0.15) is 0 Å². The summed E-state index contributed by atoms with van der Waals surface area (Å²) in [6.45, 7) is 0. The van der Waals surface area contributed by atoms with Gasteiger partial charge in [-0.05, 0) is 24.4 Å². The van der Waals surface area contributed by atoms with Gasteiger partial charge in [-0.15, -0.1) is 0 Å². The van der Waals surface area contributed by atoms with Gasteiger partial charge in [-0.25, -0.2) is 0 Å². The maximum atomic E-state index is 11.6. The van der Waals surface area contributed by atoms with Crippen molar-refractivity contribution in [3.8, 4) is 17.1 Å². The van der Waals surface area contributed by atoms with Crippen LogP contribution in [0.2, 0.25) is 0 Å². The molecular weight excluding hydrogens is 278 g/mol. The number of aromatic amines is 1. The zero-order valence-electron chi connectivity index (χ0n) is 7.82. The van der Waals surface area contributed by atoms with Gasteiger partial charge in [0.1, 0.15) is 0 Å². The van der Waals surface area contributed by atoms with Gasteiger partial charge < -0.3 is 9.67 Å². The minimum absolute atomic E-state index is 0.0738. The SMILES string of the molecule is Cn1c(-c2cc(Br)ccc2[O-])n[nH]c1=S. The predicted octanol–water partition coefficient (Wildman–Crippen LogP) is 1.98. The van der Waals surface area contributed by atoms with Crippen molar-refractivity contribution in [1.29, 1.82) is 0 Å². The molecule has 0 spiro atoms. The molecular formula is C9H7BrN3OS-. The lowest BCUT2D eigenvalue weighted by Gasteiger charge is -2.12. The molecule has 2 aromatic rings. The Morgan fingerprint density at radius 2 is 2.27 bits per heavy atom. The number of benzene rings is 1. The van der Waals surface area contributed by atoms with Gasteiger partial charge in [0.15, 0.2) is 10.6 Å². The molecule has 0 aliphatic heterocycles. The summed E-state index contributed by atoms with van der Waals surface area (Å²) in [5.74, 6) is 0.474. The molecule has 0 aliphatic rings. The van der Waals surface area contributed by atoms with Crippen LogP contribution in [0, 0.1) is 4.77 Å². The Kier molecular flexibility index (Phi) is 2.62. The van der Waals surface area contributed by atoms with Crippen LogP contribution >= 0.6 is 28.1 Å². The number of nitrogens with zero attached hydrogens (tertiary/aromatic N) is 2. The minimum Gasteiger partial charge on any atom is -0.872 e. The van der Waals surface area contributed by atoms with Crippen molar-refractivity contribution < 1.29 is 5.11 Å². The first kappa shape index (κ1) is 10.4. The summed E-state index contributed by atoms with van der Waals surface area (Å²) in [4.78, 5) is 0. The van der Waals surface area contributed by atoms with Crippen LogP contribution in [0.3, 0.4) is 0 Å². The van der Waals surface area contributed by atoms with Crippen molar-refractivity contribution in [1.82, 2.24) is 14.8 Å². The topological polar surface area (TPSA) is 56.7 Å². The molecule has 78 valence electrons. The van der Waals surface area contributed by atoms with Crippen molar-refractivity contribution in [3.63, 3.8) is 0 Å². The predicted molar refractivity (Wildman–Crippen MR) is 61.0 cm³/mol. The van der Waals surface area contributed by atoms with E-state index in [1.165, 1.54) is 6.07 Å². The molecule has 0 unspecified atom stereocenters. The summed E-state index contributed by atoms with van der Waals surface area (Å²) in [7, 11) is 1.77. The summed E-state index contributed by atoms with van der Waals surface area (Å²) in [5, 5.41) is 18.3. The number of aromatic nitrogens is 3. The number of H-pyrrole nitrogens is 1. The second-order valence-electron chi connectivity index (χ2n) is 3.05. The molecule has 0 amide bonds. The van der Waals surface area contributed by atoms with Crippen molar-refractivity contribution in [2.75, 3.05) is 0 Å². The monoisotopic (exact) mass is 284 g/mol. The largest absolute Gasteiger partial charge is 0.872 e. The number of hydrogen-bond acceptors (Lipinski definition) is 3. The molecule has 1 aromatic heterocycles. The lowest BCUT2D eigenvalue weighted by molar-refractivity contribution is -0.267. The number of halogens is 1. The average Bonchev–Trinajstić information content (AvgIpc) is 2.52. The smallest absolute Gasteiger partial charge is 0.195 e. The van der Waals surface area contributed by atoms with Gasteiger partial charge >= 0.3 is 0 Å². The second kappa shape index (κ2) is 3.79. The zero-order chi connectivity index (χ0) is 11.0. The molecule has 15 heavy (non-hydrogen) atoms. The van der Waals surface area contributed by atoms with Gasteiger partial charge in [0.25, 0.3) is 0 Å². The van der Waals surface area contributed by atoms with Crippen LogP contribution in [0.5, 0.6) is 5.75 Å². The summed E-state index contributed by atoms with van der Waals surface area (Å²) in [5.41, 5.74) is 0.527. The summed E-state index contributed by atoms with van der Waals surface area (Å²) < 4.78 is 2.99. The molecule has 0 atom stereocenters. The van der Waals surface area contributed by atoms with E-state index in [1.54, 1.807) is 23.7 Å². The van der Waals surface area contributed by atoms with Gasteiger partial charge in [0.05, 0.1) is 0 Å². The molecule has 4 nitrogen and oxygen atoms in total. The van der Waals surface area contributed by atoms with Crippen LogP contribution in [0.15, 0.2) is 22.7 Å². The van der Waals surface area contributed by atoms with Crippen LogP contribution in [0.4, 0.5) is 0 Å². The number of nitrogens with one attached hydrogen (secondary N) is 1. The van der Waals surface area contributed by atoms with Crippen molar-refractivity contribution in [3.05, 3.63) is 27.4 Å². The van der Waals surface area contributed by atoms with E-state index in [4.69, 9.17) is 12.2 Å². The molecule has 2 rings (SSSR count). The van der Waals surface area contributed by atoms with Crippen molar-refractivity contribution >= 4 is 28.1 Å². The summed E-state index contributed by atoms with van der Waals surface area (Å²) >= 11 is 8.29. The van der Waals surface area contributed by atoms with E-state index in [1.807, 2.05) is 0 Å². The Morgan fingerprint density at radius 3 is 2.87 bits per heavy atom. The van der Waals surface area contributed by atoms with E-state index in [9.17, 15) is 5.11 Å². The molecule has 0 fully saturated rings. The molecule has 0 bridgehead atoms. The van der Waals surface area contributed by atoms with Gasteiger partial charge in [0, 0.05) is 17.1 Å². The van der Waals surface area contributed by atoms with Gasteiger partial charge in [-0.3, -0.25) is 5.10 Å². The van der Waals surface area contributed by atoms with E-state index in [0.717, 1.165) is 4.47 Å². The molecule has 0 saturated carbocycles. The van der Waals surface area contributed by atoms with Crippen LogP contribution in [-0.2, 0) is 7.05 Å². The normalized spacial score (nSPS) is 10.5. The van der Waals surface area contributed by atoms with E-state index in [2.05, 4.69) is 26.1 Å². The molecule has 0 radical (unpaired) electrons. The summed E-state index contributed by atoms with van der Waals surface area (Å²) in [6.07, 6.45) is 0. The fourth-order valence-corrected chi connectivity index (χ4v) is 1.76. The first-order chi connectivity index (χ1) is 7.09. The third-order valence-corrected chi connectivity index (χ3v) is 2.92. The Balaban J connectivity index is 2.68. The van der Waals surface area contributed by atoms with Crippen molar-refractivity contribution in [2.45, 2.75) is 0 Å². The van der Waals surface area contributed by atoms with Gasteiger partial charge in [-0.1, -0.05) is 27.7 Å². The molecule has 1 aromatic carbocycles. The third kappa shape index (κ3) is 1.82. The lowest BCUT2D eigenvalue weighted by Crippen LogP contribution is -1.98. The summed E-state index contributed by atoms with van der Waals surface area (Å²) in [6, 6.07) is 4.93. The Labute approximate surface area is 99.7 Å². The molecule has 6 heteroatoms. The minimum atomic E-state index is -0.0738. The Morgan fingerprint density at radius 1 is 1.53 bits per heavy atom. The van der Waals surface area contributed by atoms with Gasteiger partial charge in [-0.2, -0.15) is 5.10 Å². The van der Waals surface area contributed by atoms with E-state index in [0.29, 0.717) is 16.2 Å². The second-order valence-corrected chi connectivity index (χ2v) is 4.35. The van der Waals surface area contributed by atoms with Crippen LogP contribution < -0.4 is 5.11 Å². The highest BCUT2D eigenvalue weighted by atomic mass is 79.9. The highest BCUT2D eigenvalue weighted by Crippen LogP contribution is 2.28. The van der Waals surface area contributed by atoms with Crippen molar-refractivity contribution in [2.24, 2.45) is 7.05 Å².